The first kappa shape index (κ1) is 24.1. The molecule has 4 N–H and O–H groups in total. The molecule has 3 atom stereocenters. The predicted octanol–water partition coefficient (Wildman–Crippen LogP) is 3.33. The van der Waals surface area contributed by atoms with Crippen LogP contribution in [-0.4, -0.2) is 52.9 Å². The molecule has 1 aliphatic carbocycles. The maximum atomic E-state index is 13.3. The summed E-state index contributed by atoms with van der Waals surface area (Å²) in [6.45, 7) is -1.73. The van der Waals surface area contributed by atoms with Crippen LogP contribution in [0.4, 0.5) is 37.8 Å². The molecule has 3 aromatic rings. The van der Waals surface area contributed by atoms with Gasteiger partial charge in [-0.3, -0.25) is 4.68 Å². The van der Waals surface area contributed by atoms with Gasteiger partial charge in [-0.05, 0) is 18.9 Å². The van der Waals surface area contributed by atoms with Crippen molar-refractivity contribution in [3.63, 3.8) is 0 Å². The van der Waals surface area contributed by atoms with Gasteiger partial charge in [0, 0.05) is 12.4 Å². The summed E-state index contributed by atoms with van der Waals surface area (Å²) < 4.78 is 79.2. The summed E-state index contributed by atoms with van der Waals surface area (Å²) in [6.07, 6.45) is -5.76. The number of alkyl halides is 6. The number of halogens is 6. The fourth-order valence-corrected chi connectivity index (χ4v) is 3.86. The smallest absolute Gasteiger partial charge is 0.391 e. The van der Waals surface area contributed by atoms with Crippen LogP contribution in [0.1, 0.15) is 43.2 Å². The molecule has 0 aromatic carbocycles. The van der Waals surface area contributed by atoms with E-state index in [0.717, 1.165) is 19.3 Å². The number of fused-ring (bicyclic) bond motifs is 1. The molecule has 3 heterocycles. The topological polar surface area (TPSA) is 113 Å². The number of aliphatic hydroxyl groups is 2. The highest BCUT2D eigenvalue weighted by molar-refractivity contribution is 5.56. The number of nitrogens with zero attached hydrogens (tertiary/aromatic N) is 5. The molecule has 1 aliphatic rings. The molecule has 0 aliphatic heterocycles. The van der Waals surface area contributed by atoms with Crippen LogP contribution in [0.2, 0.25) is 0 Å². The predicted molar refractivity (Wildman–Crippen MR) is 107 cm³/mol. The summed E-state index contributed by atoms with van der Waals surface area (Å²) in [5, 5.41) is 32.9. The van der Waals surface area contributed by atoms with E-state index in [0.29, 0.717) is 18.4 Å². The normalized spacial score (nSPS) is 20.5. The molecule has 0 saturated heterocycles. The number of nitrogens with one attached hydrogen (secondary N) is 2. The van der Waals surface area contributed by atoms with E-state index in [1.165, 1.54) is 16.9 Å². The van der Waals surface area contributed by atoms with Gasteiger partial charge in [-0.25, -0.2) is 9.50 Å². The molecule has 3 aromatic heterocycles. The fraction of sp³-hybridized carbons (Fsp3) is 0.526. The standard InChI is InChI=1S/C19H21F6N7O2/c20-18(21,22)9-31-8-12(15(30-31)19(23,24)25)28-17(34)10-7-26-32-6-5-14(29-16(10)32)27-11-3-1-2-4-13(11)33/h5-8,11,13,17,28,33-34H,1-4,9H2,(H,27,29)/t11-,13+,17?/m1/s1. The van der Waals surface area contributed by atoms with Crippen LogP contribution in [0, 0.1) is 0 Å². The van der Waals surface area contributed by atoms with Crippen molar-refractivity contribution in [1.82, 2.24) is 24.4 Å². The highest BCUT2D eigenvalue weighted by Crippen LogP contribution is 2.36. The van der Waals surface area contributed by atoms with E-state index < -0.39 is 42.6 Å². The fourth-order valence-electron chi connectivity index (χ4n) is 3.86. The molecular formula is C19H21F6N7O2. The SMILES string of the molecule is OC(Nc1cn(CC(F)(F)F)nc1C(F)(F)F)c1cnn2ccc(N[C@@H]3CCCC[C@@H]3O)nc12. The average Bonchev–Trinajstić information content (AvgIpc) is 3.32. The van der Waals surface area contributed by atoms with E-state index in [9.17, 15) is 36.6 Å². The first-order valence-corrected chi connectivity index (χ1v) is 10.4. The van der Waals surface area contributed by atoms with E-state index >= 15 is 0 Å². The second-order valence-electron chi connectivity index (χ2n) is 8.03. The highest BCUT2D eigenvalue weighted by atomic mass is 19.4. The number of aromatic nitrogens is 5. The zero-order valence-corrected chi connectivity index (χ0v) is 17.5. The summed E-state index contributed by atoms with van der Waals surface area (Å²) >= 11 is 0. The molecule has 1 saturated carbocycles. The minimum Gasteiger partial charge on any atom is -0.391 e. The summed E-state index contributed by atoms with van der Waals surface area (Å²) in [4.78, 5) is 4.34. The van der Waals surface area contributed by atoms with E-state index in [1.54, 1.807) is 6.07 Å². The average molecular weight is 493 g/mol. The molecule has 15 heteroatoms. The maximum Gasteiger partial charge on any atom is 0.437 e. The Hall–Kier alpha value is -3.07. The first-order valence-electron chi connectivity index (χ1n) is 10.4. The lowest BCUT2D eigenvalue weighted by Crippen LogP contribution is -2.36. The van der Waals surface area contributed by atoms with Crippen LogP contribution in [0.15, 0.2) is 24.7 Å². The van der Waals surface area contributed by atoms with Crippen LogP contribution >= 0.6 is 0 Å². The van der Waals surface area contributed by atoms with Gasteiger partial charge >= 0.3 is 12.4 Å². The van der Waals surface area contributed by atoms with Crippen LogP contribution in [0.25, 0.3) is 5.65 Å². The minimum absolute atomic E-state index is 0.00969. The Bertz CT molecular complexity index is 1140. The van der Waals surface area contributed by atoms with Crippen LogP contribution < -0.4 is 10.6 Å². The monoisotopic (exact) mass is 493 g/mol. The van der Waals surface area contributed by atoms with Crippen molar-refractivity contribution >= 4 is 17.2 Å². The molecule has 0 amide bonds. The molecule has 0 radical (unpaired) electrons. The van der Waals surface area contributed by atoms with Crippen molar-refractivity contribution in [3.8, 4) is 0 Å². The Morgan fingerprint density at radius 1 is 1.15 bits per heavy atom. The summed E-state index contributed by atoms with van der Waals surface area (Å²) in [6, 6.07) is 1.36. The third kappa shape index (κ3) is 5.35. The van der Waals surface area contributed by atoms with Crippen molar-refractivity contribution in [1.29, 1.82) is 0 Å². The molecule has 34 heavy (non-hydrogen) atoms. The largest absolute Gasteiger partial charge is 0.437 e. The Kier molecular flexibility index (Phi) is 6.33. The van der Waals surface area contributed by atoms with Crippen molar-refractivity contribution in [2.45, 2.75) is 63.0 Å². The zero-order valence-electron chi connectivity index (χ0n) is 17.5. The van der Waals surface area contributed by atoms with Gasteiger partial charge in [0.05, 0.1) is 29.6 Å². The third-order valence-corrected chi connectivity index (χ3v) is 5.42. The number of hydrogen-bond acceptors (Lipinski definition) is 7. The third-order valence-electron chi connectivity index (χ3n) is 5.42. The Labute approximate surface area is 188 Å². The lowest BCUT2D eigenvalue weighted by atomic mass is 9.93. The van der Waals surface area contributed by atoms with Gasteiger partial charge in [-0.15, -0.1) is 0 Å². The van der Waals surface area contributed by atoms with Gasteiger partial charge in [0.1, 0.15) is 12.4 Å². The summed E-state index contributed by atoms with van der Waals surface area (Å²) in [5.74, 6) is 0.362. The van der Waals surface area contributed by atoms with Gasteiger partial charge in [-0.2, -0.15) is 36.5 Å². The highest BCUT2D eigenvalue weighted by Gasteiger charge is 2.39. The molecule has 4 rings (SSSR count). The molecule has 1 fully saturated rings. The Balaban J connectivity index is 1.59. The molecular weight excluding hydrogens is 472 g/mol. The zero-order chi connectivity index (χ0) is 24.7. The van der Waals surface area contributed by atoms with Gasteiger partial charge in [0.2, 0.25) is 0 Å². The van der Waals surface area contributed by atoms with Gasteiger partial charge in [0.25, 0.3) is 0 Å². The molecule has 186 valence electrons. The van der Waals surface area contributed by atoms with Crippen LogP contribution in [-0.2, 0) is 12.7 Å². The second kappa shape index (κ2) is 8.94. The number of anilines is 2. The van der Waals surface area contributed by atoms with Gasteiger partial charge < -0.3 is 20.8 Å². The van der Waals surface area contributed by atoms with E-state index in [4.69, 9.17) is 0 Å². The summed E-state index contributed by atoms with van der Waals surface area (Å²) in [7, 11) is 0. The van der Waals surface area contributed by atoms with Crippen molar-refractivity contribution < 1.29 is 36.6 Å². The minimum atomic E-state index is -5.06. The van der Waals surface area contributed by atoms with E-state index in [-0.39, 0.29) is 21.9 Å². The van der Waals surface area contributed by atoms with Crippen molar-refractivity contribution in [2.24, 2.45) is 0 Å². The molecule has 0 bridgehead atoms. The van der Waals surface area contributed by atoms with E-state index in [2.05, 4.69) is 25.8 Å². The van der Waals surface area contributed by atoms with Crippen molar-refractivity contribution in [3.05, 3.63) is 35.9 Å². The number of hydrogen-bond donors (Lipinski definition) is 4. The maximum absolute atomic E-state index is 13.3. The molecule has 9 nitrogen and oxygen atoms in total. The Morgan fingerprint density at radius 2 is 1.88 bits per heavy atom. The number of aliphatic hydroxyl groups excluding tert-OH is 2. The van der Waals surface area contributed by atoms with Crippen molar-refractivity contribution in [2.75, 3.05) is 10.6 Å². The first-order chi connectivity index (χ1) is 15.9. The molecule has 0 spiro atoms. The van der Waals surface area contributed by atoms with Gasteiger partial charge in [0.15, 0.2) is 17.6 Å². The lowest BCUT2D eigenvalue weighted by Gasteiger charge is -2.28. The molecule has 1 unspecified atom stereocenters. The quantitative estimate of drug-likeness (QED) is 0.308. The summed E-state index contributed by atoms with van der Waals surface area (Å²) in [5.41, 5.74) is -2.34. The van der Waals surface area contributed by atoms with Crippen LogP contribution in [0.5, 0.6) is 0 Å². The lowest BCUT2D eigenvalue weighted by molar-refractivity contribution is -0.148. The van der Waals surface area contributed by atoms with E-state index in [1.807, 2.05) is 0 Å². The Morgan fingerprint density at radius 3 is 2.56 bits per heavy atom. The second-order valence-corrected chi connectivity index (χ2v) is 8.03. The number of rotatable bonds is 6. The van der Waals surface area contributed by atoms with Gasteiger partial charge in [-0.1, -0.05) is 12.8 Å². The van der Waals surface area contributed by atoms with Crippen LogP contribution in [0.3, 0.4) is 0 Å².